The first-order valence-corrected chi connectivity index (χ1v) is 11.4. The molecular weight excluding hydrogens is 392 g/mol. The van der Waals surface area contributed by atoms with Gasteiger partial charge in [0.15, 0.2) is 0 Å². The van der Waals surface area contributed by atoms with Crippen molar-refractivity contribution in [3.8, 4) is 0 Å². The maximum atomic E-state index is 12.9. The van der Waals surface area contributed by atoms with Gasteiger partial charge in [-0.1, -0.05) is 12.1 Å². The number of ether oxygens (including phenoxy) is 1. The predicted octanol–water partition coefficient (Wildman–Crippen LogP) is 2.88. The Kier molecular flexibility index (Phi) is 7.46. The lowest BCUT2D eigenvalue weighted by Gasteiger charge is -2.37. The molecule has 2 aliphatic heterocycles. The van der Waals surface area contributed by atoms with E-state index < -0.39 is 5.60 Å². The van der Waals surface area contributed by atoms with E-state index in [-0.39, 0.29) is 12.0 Å². The highest BCUT2D eigenvalue weighted by Gasteiger charge is 2.32. The Hall–Kier alpha value is -2.28. The van der Waals surface area contributed by atoms with Gasteiger partial charge >= 0.3 is 6.09 Å². The number of rotatable bonds is 5. The summed E-state index contributed by atoms with van der Waals surface area (Å²) in [6, 6.07) is 8.88. The Morgan fingerprint density at radius 2 is 1.87 bits per heavy atom. The summed E-state index contributed by atoms with van der Waals surface area (Å²) in [5, 5.41) is 2.87. The van der Waals surface area contributed by atoms with Gasteiger partial charge in [-0.25, -0.2) is 4.79 Å². The minimum Gasteiger partial charge on any atom is -0.444 e. The maximum absolute atomic E-state index is 12.9. The van der Waals surface area contributed by atoms with Crippen LogP contribution in [0.3, 0.4) is 0 Å². The van der Waals surface area contributed by atoms with E-state index >= 15 is 0 Å². The molecule has 0 aromatic heterocycles. The topological polar surface area (TPSA) is 65.1 Å². The van der Waals surface area contributed by atoms with Gasteiger partial charge in [-0.3, -0.25) is 9.69 Å². The SMILES string of the molecule is Cc1cccc(N2CCN(C(=O)CN3C[C@@H](CNC(=O)OC(C)(C)C)C[C@@H]3C)CC2)c1. The maximum Gasteiger partial charge on any atom is 0.407 e. The van der Waals surface area contributed by atoms with Gasteiger partial charge in [0.05, 0.1) is 6.54 Å². The number of carbonyl (C=O) groups excluding carboxylic acids is 2. The fourth-order valence-corrected chi connectivity index (χ4v) is 4.44. The number of anilines is 1. The third kappa shape index (κ3) is 6.86. The number of hydrogen-bond donors (Lipinski definition) is 1. The van der Waals surface area contributed by atoms with Crippen molar-refractivity contribution < 1.29 is 14.3 Å². The van der Waals surface area contributed by atoms with E-state index in [1.165, 1.54) is 11.3 Å². The lowest BCUT2D eigenvalue weighted by molar-refractivity contribution is -0.132. The zero-order valence-corrected chi connectivity index (χ0v) is 19.7. The van der Waals surface area contributed by atoms with Crippen molar-refractivity contribution in [3.63, 3.8) is 0 Å². The van der Waals surface area contributed by atoms with E-state index in [1.54, 1.807) is 0 Å². The number of piperazine rings is 1. The van der Waals surface area contributed by atoms with Gasteiger partial charge in [-0.05, 0) is 64.7 Å². The van der Waals surface area contributed by atoms with Gasteiger partial charge in [-0.2, -0.15) is 0 Å². The van der Waals surface area contributed by atoms with Gasteiger partial charge in [-0.15, -0.1) is 0 Å². The van der Waals surface area contributed by atoms with Gasteiger partial charge in [0.25, 0.3) is 0 Å². The molecule has 0 spiro atoms. The lowest BCUT2D eigenvalue weighted by Crippen LogP contribution is -2.51. The summed E-state index contributed by atoms with van der Waals surface area (Å²) in [6.45, 7) is 15.0. The summed E-state index contributed by atoms with van der Waals surface area (Å²) in [4.78, 5) is 31.4. The van der Waals surface area contributed by atoms with Crippen LogP contribution in [0.2, 0.25) is 0 Å². The van der Waals surface area contributed by atoms with Crippen molar-refractivity contribution in [3.05, 3.63) is 29.8 Å². The molecule has 0 aliphatic carbocycles. The van der Waals surface area contributed by atoms with Crippen molar-refractivity contribution in [2.75, 3.05) is 50.7 Å². The molecule has 1 aromatic carbocycles. The van der Waals surface area contributed by atoms with E-state index in [0.29, 0.717) is 25.0 Å². The number of benzene rings is 1. The molecule has 2 amide bonds. The Morgan fingerprint density at radius 1 is 1.16 bits per heavy atom. The first kappa shape index (κ1) is 23.4. The van der Waals surface area contributed by atoms with Crippen molar-refractivity contribution >= 4 is 17.7 Å². The van der Waals surface area contributed by atoms with Crippen LogP contribution in [0.4, 0.5) is 10.5 Å². The molecule has 7 heteroatoms. The Labute approximate surface area is 186 Å². The second kappa shape index (κ2) is 9.90. The Bertz CT molecular complexity index is 768. The van der Waals surface area contributed by atoms with Crippen LogP contribution in [0.25, 0.3) is 0 Å². The van der Waals surface area contributed by atoms with Crippen LogP contribution in [-0.4, -0.2) is 79.3 Å². The molecule has 2 atom stereocenters. The molecule has 7 nitrogen and oxygen atoms in total. The highest BCUT2D eigenvalue weighted by Crippen LogP contribution is 2.23. The second-order valence-corrected chi connectivity index (χ2v) is 9.97. The van der Waals surface area contributed by atoms with Gasteiger partial charge in [0, 0.05) is 51.0 Å². The largest absolute Gasteiger partial charge is 0.444 e. The summed E-state index contributed by atoms with van der Waals surface area (Å²) in [7, 11) is 0. The molecule has 172 valence electrons. The summed E-state index contributed by atoms with van der Waals surface area (Å²) < 4.78 is 5.31. The summed E-state index contributed by atoms with van der Waals surface area (Å²) in [6.07, 6.45) is 0.602. The van der Waals surface area contributed by atoms with E-state index in [0.717, 1.165) is 39.1 Å². The number of amides is 2. The zero-order chi connectivity index (χ0) is 22.6. The number of nitrogens with zero attached hydrogens (tertiary/aromatic N) is 3. The molecule has 2 aliphatic rings. The van der Waals surface area contributed by atoms with Crippen LogP contribution in [0.5, 0.6) is 0 Å². The highest BCUT2D eigenvalue weighted by atomic mass is 16.6. The number of aryl methyl sites for hydroxylation is 1. The van der Waals surface area contributed by atoms with Crippen molar-refractivity contribution in [2.45, 2.75) is 52.7 Å². The number of hydrogen-bond acceptors (Lipinski definition) is 5. The van der Waals surface area contributed by atoms with Gasteiger partial charge in [0.2, 0.25) is 5.91 Å². The summed E-state index contributed by atoms with van der Waals surface area (Å²) in [5.74, 6) is 0.546. The first-order chi connectivity index (χ1) is 14.6. The highest BCUT2D eigenvalue weighted by molar-refractivity contribution is 5.78. The monoisotopic (exact) mass is 430 g/mol. The number of likely N-dealkylation sites (tertiary alicyclic amines) is 1. The molecule has 0 unspecified atom stereocenters. The predicted molar refractivity (Wildman–Crippen MR) is 123 cm³/mol. The van der Waals surface area contributed by atoms with Crippen LogP contribution in [0.1, 0.15) is 39.7 Å². The molecule has 0 radical (unpaired) electrons. The quantitative estimate of drug-likeness (QED) is 0.778. The third-order valence-electron chi connectivity index (χ3n) is 6.06. The number of nitrogens with one attached hydrogen (secondary N) is 1. The second-order valence-electron chi connectivity index (χ2n) is 9.97. The Balaban J connectivity index is 1.42. The fraction of sp³-hybridized carbons (Fsp3) is 0.667. The summed E-state index contributed by atoms with van der Waals surface area (Å²) in [5.41, 5.74) is 2.00. The van der Waals surface area contributed by atoms with Crippen LogP contribution >= 0.6 is 0 Å². The van der Waals surface area contributed by atoms with E-state index in [4.69, 9.17) is 4.74 Å². The zero-order valence-electron chi connectivity index (χ0n) is 19.7. The van der Waals surface area contributed by atoms with E-state index in [1.807, 2.05) is 25.7 Å². The van der Waals surface area contributed by atoms with Crippen LogP contribution in [-0.2, 0) is 9.53 Å². The van der Waals surface area contributed by atoms with Gasteiger partial charge < -0.3 is 19.9 Å². The molecule has 2 saturated heterocycles. The van der Waals surface area contributed by atoms with E-state index in [9.17, 15) is 9.59 Å². The number of carbonyl (C=O) groups is 2. The standard InChI is InChI=1S/C24H38N4O3/c1-18-7-6-8-21(13-18)26-9-11-27(12-10-26)22(29)17-28-16-20(14-19(28)2)15-25-23(30)31-24(3,4)5/h6-8,13,19-20H,9-12,14-17H2,1-5H3,(H,25,30)/t19-,20+/m0/s1. The van der Waals surface area contributed by atoms with Crippen LogP contribution < -0.4 is 10.2 Å². The molecule has 2 fully saturated rings. The van der Waals surface area contributed by atoms with E-state index in [2.05, 4.69) is 53.2 Å². The molecule has 1 aromatic rings. The van der Waals surface area contributed by atoms with Crippen molar-refractivity contribution in [1.29, 1.82) is 0 Å². The minimum absolute atomic E-state index is 0.205. The minimum atomic E-state index is -0.491. The third-order valence-corrected chi connectivity index (χ3v) is 6.06. The number of alkyl carbamates (subject to hydrolysis) is 1. The smallest absolute Gasteiger partial charge is 0.407 e. The summed E-state index contributed by atoms with van der Waals surface area (Å²) >= 11 is 0. The molecule has 3 rings (SSSR count). The average Bonchev–Trinajstić information content (AvgIpc) is 3.04. The van der Waals surface area contributed by atoms with Crippen molar-refractivity contribution in [2.24, 2.45) is 5.92 Å². The molecular formula is C24H38N4O3. The molecule has 2 heterocycles. The first-order valence-electron chi connectivity index (χ1n) is 11.4. The fourth-order valence-electron chi connectivity index (χ4n) is 4.44. The lowest BCUT2D eigenvalue weighted by atomic mass is 10.1. The van der Waals surface area contributed by atoms with Crippen LogP contribution in [0.15, 0.2) is 24.3 Å². The average molecular weight is 431 g/mol. The Morgan fingerprint density at radius 3 is 2.52 bits per heavy atom. The molecule has 0 saturated carbocycles. The molecule has 1 N–H and O–H groups in total. The van der Waals surface area contributed by atoms with Crippen molar-refractivity contribution in [1.82, 2.24) is 15.1 Å². The molecule has 31 heavy (non-hydrogen) atoms. The van der Waals surface area contributed by atoms with Gasteiger partial charge in [0.1, 0.15) is 5.60 Å². The van der Waals surface area contributed by atoms with Crippen LogP contribution in [0, 0.1) is 12.8 Å². The molecule has 0 bridgehead atoms. The normalized spacial score (nSPS) is 22.5.